The summed E-state index contributed by atoms with van der Waals surface area (Å²) in [6.45, 7) is 1.27. The van der Waals surface area contributed by atoms with E-state index < -0.39 is 5.97 Å². The van der Waals surface area contributed by atoms with Gasteiger partial charge in [0.25, 0.3) is 0 Å². The first-order valence-corrected chi connectivity index (χ1v) is 11.6. The maximum atomic E-state index is 10.6. The summed E-state index contributed by atoms with van der Waals surface area (Å²) in [6, 6.07) is 18.5. The van der Waals surface area contributed by atoms with E-state index >= 15 is 0 Å². The van der Waals surface area contributed by atoms with Crippen molar-refractivity contribution in [1.82, 2.24) is 5.32 Å². The number of ether oxygens (including phenoxy) is 1. The molecule has 4 rings (SSSR count). The summed E-state index contributed by atoms with van der Waals surface area (Å²) < 4.78 is 5.29. The zero-order valence-electron chi connectivity index (χ0n) is 18.5. The van der Waals surface area contributed by atoms with Crippen LogP contribution in [0.3, 0.4) is 0 Å². The molecule has 0 heterocycles. The fourth-order valence-corrected chi connectivity index (χ4v) is 4.92. The van der Waals surface area contributed by atoms with E-state index in [1.165, 1.54) is 16.8 Å². The monoisotopic (exact) mass is 432 g/mol. The highest BCUT2D eigenvalue weighted by Crippen LogP contribution is 2.34. The van der Waals surface area contributed by atoms with E-state index in [9.17, 15) is 4.79 Å². The summed E-state index contributed by atoms with van der Waals surface area (Å²) in [5.74, 6) is 0.165. The number of fused-ring (bicyclic) bond motifs is 1. The number of rotatable bonds is 9. The predicted molar refractivity (Wildman–Crippen MR) is 127 cm³/mol. The van der Waals surface area contributed by atoms with Crippen LogP contribution in [0, 0.1) is 17.2 Å². The van der Waals surface area contributed by atoms with Crippen molar-refractivity contribution in [1.29, 1.82) is 5.41 Å². The van der Waals surface area contributed by atoms with Gasteiger partial charge in [-0.1, -0.05) is 54.6 Å². The zero-order chi connectivity index (χ0) is 22.3. The van der Waals surface area contributed by atoms with E-state index in [0.29, 0.717) is 24.2 Å². The zero-order valence-corrected chi connectivity index (χ0v) is 18.5. The molecule has 0 unspecified atom stereocenters. The average molecular weight is 433 g/mol. The van der Waals surface area contributed by atoms with Crippen LogP contribution in [-0.4, -0.2) is 36.5 Å². The number of allylic oxidation sites excluding steroid dienone is 2. The number of aryl methyl sites for hydroxylation is 1. The molecule has 0 bridgehead atoms. The van der Waals surface area contributed by atoms with Gasteiger partial charge in [0.05, 0.1) is 12.3 Å². The van der Waals surface area contributed by atoms with Gasteiger partial charge in [-0.25, -0.2) is 4.79 Å². The highest BCUT2D eigenvalue weighted by molar-refractivity contribution is 6.31. The van der Waals surface area contributed by atoms with Crippen molar-refractivity contribution < 1.29 is 14.6 Å². The van der Waals surface area contributed by atoms with Crippen LogP contribution in [0.25, 0.3) is 5.57 Å². The lowest BCUT2D eigenvalue weighted by molar-refractivity contribution is -0.142. The molecule has 2 aliphatic carbocycles. The third-order valence-electron chi connectivity index (χ3n) is 6.69. The Morgan fingerprint density at radius 1 is 0.969 bits per heavy atom. The summed E-state index contributed by atoms with van der Waals surface area (Å²) >= 11 is 0. The van der Waals surface area contributed by atoms with E-state index in [0.717, 1.165) is 56.2 Å². The molecular formula is C27H32N2O3. The van der Waals surface area contributed by atoms with E-state index in [-0.39, 0.29) is 6.61 Å². The molecule has 2 aromatic rings. The summed E-state index contributed by atoms with van der Waals surface area (Å²) in [7, 11) is 0. The Bertz CT molecular complexity index is 975. The van der Waals surface area contributed by atoms with Gasteiger partial charge in [0.1, 0.15) is 6.61 Å². The largest absolute Gasteiger partial charge is 0.480 e. The maximum absolute atomic E-state index is 10.6. The Morgan fingerprint density at radius 3 is 2.41 bits per heavy atom. The van der Waals surface area contributed by atoms with Crippen LogP contribution < -0.4 is 5.32 Å². The second-order valence-electron chi connectivity index (χ2n) is 8.93. The first-order chi connectivity index (χ1) is 15.6. The number of carboxylic acid groups (broad SMARTS) is 1. The number of nitrogens with one attached hydrogen (secondary N) is 2. The highest BCUT2D eigenvalue weighted by Gasteiger charge is 2.25. The van der Waals surface area contributed by atoms with Crippen LogP contribution in [0.15, 0.2) is 60.3 Å². The molecule has 2 aromatic carbocycles. The Labute approximate surface area is 190 Å². The minimum atomic E-state index is -0.901. The molecule has 1 saturated carbocycles. The van der Waals surface area contributed by atoms with Crippen molar-refractivity contribution in [3.05, 3.63) is 77.0 Å². The Hall–Kier alpha value is -2.92. The van der Waals surface area contributed by atoms with E-state index in [2.05, 4.69) is 29.6 Å². The van der Waals surface area contributed by atoms with Crippen molar-refractivity contribution in [2.45, 2.75) is 38.5 Å². The normalized spacial score (nSPS) is 20.5. The second-order valence-corrected chi connectivity index (χ2v) is 8.93. The molecule has 0 spiro atoms. The summed E-state index contributed by atoms with van der Waals surface area (Å²) in [5, 5.41) is 21.4. The molecule has 2 aliphatic rings. The first kappa shape index (κ1) is 22.3. The Kier molecular flexibility index (Phi) is 7.38. The molecular weight excluding hydrogens is 400 g/mol. The quantitative estimate of drug-likeness (QED) is 0.492. The van der Waals surface area contributed by atoms with E-state index in [1.807, 2.05) is 30.3 Å². The molecule has 3 N–H and O–H groups in total. The maximum Gasteiger partial charge on any atom is 0.329 e. The molecule has 1 fully saturated rings. The third-order valence-corrected chi connectivity index (χ3v) is 6.69. The van der Waals surface area contributed by atoms with Gasteiger partial charge in [-0.2, -0.15) is 0 Å². The Morgan fingerprint density at radius 2 is 1.66 bits per heavy atom. The lowest BCUT2D eigenvalue weighted by Gasteiger charge is -2.30. The van der Waals surface area contributed by atoms with Gasteiger partial charge >= 0.3 is 5.97 Å². The molecule has 5 heteroatoms. The summed E-state index contributed by atoms with van der Waals surface area (Å²) in [4.78, 5) is 10.6. The molecule has 0 saturated heterocycles. The fraction of sp³-hybridized carbons (Fsp3) is 0.407. The minimum absolute atomic E-state index is 0.201. The number of hydrogen-bond donors (Lipinski definition) is 3. The SMILES string of the molecule is N=C(C1=C(NC[C@H]2CC[C@H](COCC(=O)O)CC2)CCc2ccccc21)c1ccccc1. The number of aliphatic carboxylic acids is 1. The molecule has 0 radical (unpaired) electrons. The van der Waals surface area contributed by atoms with Crippen LogP contribution in [0.1, 0.15) is 48.8 Å². The van der Waals surface area contributed by atoms with Crippen LogP contribution in [0.4, 0.5) is 0 Å². The van der Waals surface area contributed by atoms with Gasteiger partial charge in [-0.05, 0) is 61.5 Å². The molecule has 0 aromatic heterocycles. The third kappa shape index (κ3) is 5.46. The number of carboxylic acids is 1. The van der Waals surface area contributed by atoms with Crippen molar-refractivity contribution in [2.24, 2.45) is 11.8 Å². The van der Waals surface area contributed by atoms with Gasteiger partial charge in [0.2, 0.25) is 0 Å². The van der Waals surface area contributed by atoms with Crippen LogP contribution in [-0.2, 0) is 16.0 Å². The minimum Gasteiger partial charge on any atom is -0.480 e. The van der Waals surface area contributed by atoms with E-state index in [4.69, 9.17) is 15.3 Å². The van der Waals surface area contributed by atoms with Crippen LogP contribution in [0.5, 0.6) is 0 Å². The number of carbonyl (C=O) groups is 1. The van der Waals surface area contributed by atoms with Crippen molar-refractivity contribution in [3.63, 3.8) is 0 Å². The van der Waals surface area contributed by atoms with Gasteiger partial charge in [0, 0.05) is 23.4 Å². The second kappa shape index (κ2) is 10.6. The molecule has 0 aliphatic heterocycles. The average Bonchev–Trinajstić information content (AvgIpc) is 2.83. The molecule has 0 amide bonds. The summed E-state index contributed by atoms with van der Waals surface area (Å²) in [5.41, 5.74) is 6.24. The molecule has 168 valence electrons. The van der Waals surface area contributed by atoms with E-state index in [1.54, 1.807) is 0 Å². The number of benzene rings is 2. The lowest BCUT2D eigenvalue weighted by Crippen LogP contribution is -2.30. The van der Waals surface area contributed by atoms with Gasteiger partial charge < -0.3 is 15.2 Å². The van der Waals surface area contributed by atoms with Crippen molar-refractivity contribution >= 4 is 17.3 Å². The molecule has 32 heavy (non-hydrogen) atoms. The standard InChI is InChI=1S/C27H32N2O3/c28-27(22-7-2-1-3-8-22)26-23-9-5-4-6-21(23)14-15-24(26)29-16-19-10-12-20(13-11-19)17-32-18-25(30)31/h1-9,19-20,28-29H,10-18H2,(H,30,31)/t19-,20-. The van der Waals surface area contributed by atoms with Crippen molar-refractivity contribution in [3.8, 4) is 0 Å². The smallest absolute Gasteiger partial charge is 0.329 e. The van der Waals surface area contributed by atoms with Crippen LogP contribution in [0.2, 0.25) is 0 Å². The summed E-state index contributed by atoms with van der Waals surface area (Å²) in [6.07, 6.45) is 6.35. The lowest BCUT2D eigenvalue weighted by atomic mass is 9.81. The first-order valence-electron chi connectivity index (χ1n) is 11.6. The van der Waals surface area contributed by atoms with Crippen LogP contribution >= 0.6 is 0 Å². The fourth-order valence-electron chi connectivity index (χ4n) is 4.92. The highest BCUT2D eigenvalue weighted by atomic mass is 16.5. The van der Waals surface area contributed by atoms with Gasteiger partial charge in [0.15, 0.2) is 0 Å². The predicted octanol–water partition coefficient (Wildman–Crippen LogP) is 4.91. The number of hydrogen-bond acceptors (Lipinski definition) is 4. The van der Waals surface area contributed by atoms with Crippen molar-refractivity contribution in [2.75, 3.05) is 19.8 Å². The van der Waals surface area contributed by atoms with Gasteiger partial charge in [-0.15, -0.1) is 0 Å². The topological polar surface area (TPSA) is 82.4 Å². The molecule has 0 atom stereocenters. The molecule has 5 nitrogen and oxygen atoms in total. The van der Waals surface area contributed by atoms with Gasteiger partial charge in [-0.3, -0.25) is 5.41 Å². The Balaban J connectivity index is 1.43.